The third-order valence-corrected chi connectivity index (χ3v) is 3.17. The molecule has 0 spiro atoms. The van der Waals surface area contributed by atoms with E-state index >= 15 is 0 Å². The van der Waals surface area contributed by atoms with Gasteiger partial charge in [0.2, 0.25) is 0 Å². The highest BCUT2D eigenvalue weighted by molar-refractivity contribution is 6.30. The molecule has 0 radical (unpaired) electrons. The van der Waals surface area contributed by atoms with Crippen molar-refractivity contribution in [2.75, 3.05) is 0 Å². The van der Waals surface area contributed by atoms with E-state index in [4.69, 9.17) is 11.6 Å². The number of ether oxygens (including phenoxy) is 1. The molecule has 0 fully saturated rings. The molecule has 2 rings (SSSR count). The fourth-order valence-corrected chi connectivity index (χ4v) is 2.23. The average Bonchev–Trinajstić information content (AvgIpc) is 2.38. The van der Waals surface area contributed by atoms with Crippen LogP contribution in [0.25, 0.3) is 11.4 Å². The third kappa shape index (κ3) is 3.22. The van der Waals surface area contributed by atoms with E-state index in [9.17, 15) is 8.78 Å². The van der Waals surface area contributed by atoms with Crippen molar-refractivity contribution < 1.29 is 13.5 Å². The van der Waals surface area contributed by atoms with Crippen molar-refractivity contribution in [2.24, 2.45) is 0 Å². The summed E-state index contributed by atoms with van der Waals surface area (Å²) < 4.78 is 28.4. The lowest BCUT2D eigenvalue weighted by atomic mass is 10.1. The first kappa shape index (κ1) is 14.7. The van der Waals surface area contributed by atoms with Crippen LogP contribution in [0.5, 0.6) is 5.75 Å². The van der Waals surface area contributed by atoms with Gasteiger partial charge in [-0.2, -0.15) is 8.78 Å². The van der Waals surface area contributed by atoms with E-state index in [0.717, 1.165) is 17.7 Å². The minimum Gasteiger partial charge on any atom is -0.435 e. The summed E-state index contributed by atoms with van der Waals surface area (Å²) in [7, 11) is 0. The topological polar surface area (TPSA) is 35.0 Å². The third-order valence-electron chi connectivity index (χ3n) is 2.85. The molecule has 6 heteroatoms. The number of aryl methyl sites for hydroxylation is 1. The zero-order valence-electron chi connectivity index (χ0n) is 11.0. The Balaban J connectivity index is 2.32. The normalized spacial score (nSPS) is 10.9. The molecule has 0 aliphatic rings. The van der Waals surface area contributed by atoms with Gasteiger partial charge in [0.15, 0.2) is 5.82 Å². The summed E-state index contributed by atoms with van der Waals surface area (Å²) in [6.07, 6.45) is 0.756. The van der Waals surface area contributed by atoms with Crippen molar-refractivity contribution in [1.82, 2.24) is 9.97 Å². The lowest BCUT2D eigenvalue weighted by molar-refractivity contribution is -0.0498. The minimum atomic E-state index is -2.84. The molecule has 2 aromatic rings. The van der Waals surface area contributed by atoms with Crippen LogP contribution in [-0.4, -0.2) is 16.6 Å². The van der Waals surface area contributed by atoms with Gasteiger partial charge in [-0.05, 0) is 37.6 Å². The summed E-state index contributed by atoms with van der Waals surface area (Å²) >= 11 is 6.11. The summed E-state index contributed by atoms with van der Waals surface area (Å²) in [5.41, 5.74) is 2.42. The molecule has 0 saturated heterocycles. The molecule has 1 heterocycles. The lowest BCUT2D eigenvalue weighted by Gasteiger charge is -2.09. The van der Waals surface area contributed by atoms with Gasteiger partial charge in [0.1, 0.15) is 10.9 Å². The van der Waals surface area contributed by atoms with Crippen LogP contribution in [0.4, 0.5) is 8.78 Å². The number of halogens is 3. The number of benzene rings is 1. The van der Waals surface area contributed by atoms with Crippen LogP contribution in [0.2, 0.25) is 5.15 Å². The zero-order valence-corrected chi connectivity index (χ0v) is 11.8. The van der Waals surface area contributed by atoms with Crippen LogP contribution >= 0.6 is 11.6 Å². The van der Waals surface area contributed by atoms with Gasteiger partial charge < -0.3 is 4.74 Å². The smallest absolute Gasteiger partial charge is 0.387 e. The Morgan fingerprint density at radius 2 is 1.85 bits per heavy atom. The molecular formula is C14H13ClF2N2O. The average molecular weight is 299 g/mol. The molecule has 0 unspecified atom stereocenters. The van der Waals surface area contributed by atoms with E-state index in [2.05, 4.69) is 14.7 Å². The van der Waals surface area contributed by atoms with Gasteiger partial charge in [-0.25, -0.2) is 9.97 Å². The van der Waals surface area contributed by atoms with Crippen molar-refractivity contribution in [2.45, 2.75) is 26.9 Å². The van der Waals surface area contributed by atoms with Crippen molar-refractivity contribution in [1.29, 1.82) is 0 Å². The van der Waals surface area contributed by atoms with Gasteiger partial charge in [0.05, 0.1) is 0 Å². The molecule has 0 aliphatic heterocycles. The van der Waals surface area contributed by atoms with E-state index in [1.165, 1.54) is 12.1 Å². The number of aromatic nitrogens is 2. The van der Waals surface area contributed by atoms with Crippen LogP contribution in [0.3, 0.4) is 0 Å². The second kappa shape index (κ2) is 6.13. The van der Waals surface area contributed by atoms with Crippen LogP contribution < -0.4 is 4.74 Å². The van der Waals surface area contributed by atoms with Gasteiger partial charge in [-0.15, -0.1) is 0 Å². The molecular weight excluding hydrogens is 286 g/mol. The number of nitrogens with zero attached hydrogens (tertiary/aromatic N) is 2. The van der Waals surface area contributed by atoms with Gasteiger partial charge in [0.25, 0.3) is 0 Å². The van der Waals surface area contributed by atoms with Crippen LogP contribution in [0.1, 0.15) is 18.2 Å². The predicted molar refractivity (Wildman–Crippen MR) is 73.2 cm³/mol. The Bertz CT molecular complexity index is 580. The van der Waals surface area contributed by atoms with Crippen LogP contribution in [-0.2, 0) is 6.42 Å². The largest absolute Gasteiger partial charge is 0.435 e. The highest BCUT2D eigenvalue weighted by atomic mass is 35.5. The summed E-state index contributed by atoms with van der Waals surface area (Å²) in [6.45, 7) is 1.01. The standard InChI is InChI=1S/C14H13ClF2N2O/c1-3-11-8(2)18-13(19-12(11)15)9-4-6-10(7-5-9)20-14(16)17/h4-7,14H,3H2,1-2H3. The molecule has 1 aromatic carbocycles. The second-order valence-corrected chi connectivity index (χ2v) is 4.52. The van der Waals surface area contributed by atoms with Gasteiger partial charge in [-0.3, -0.25) is 0 Å². The first-order chi connectivity index (χ1) is 9.51. The van der Waals surface area contributed by atoms with Crippen molar-refractivity contribution in [3.63, 3.8) is 0 Å². The fraction of sp³-hybridized carbons (Fsp3) is 0.286. The number of alkyl halides is 2. The summed E-state index contributed by atoms with van der Waals surface area (Å²) in [5.74, 6) is 0.560. The molecule has 106 valence electrons. The van der Waals surface area contributed by atoms with Crippen LogP contribution in [0.15, 0.2) is 24.3 Å². The summed E-state index contributed by atoms with van der Waals surface area (Å²) in [6, 6.07) is 6.13. The number of rotatable bonds is 4. The highest BCUT2D eigenvalue weighted by Crippen LogP contribution is 2.24. The van der Waals surface area contributed by atoms with Crippen molar-refractivity contribution >= 4 is 11.6 Å². The Kier molecular flexibility index (Phi) is 4.49. The Labute approximate surface area is 120 Å². The van der Waals surface area contributed by atoms with E-state index in [1.54, 1.807) is 12.1 Å². The lowest BCUT2D eigenvalue weighted by Crippen LogP contribution is -2.02. The molecule has 0 aliphatic carbocycles. The molecule has 0 saturated carbocycles. The first-order valence-corrected chi connectivity index (χ1v) is 6.47. The van der Waals surface area contributed by atoms with Gasteiger partial charge in [0, 0.05) is 16.8 Å². The highest BCUT2D eigenvalue weighted by Gasteiger charge is 2.10. The number of hydrogen-bond donors (Lipinski definition) is 0. The Hall–Kier alpha value is -1.75. The van der Waals surface area contributed by atoms with Gasteiger partial charge in [-0.1, -0.05) is 18.5 Å². The monoisotopic (exact) mass is 298 g/mol. The fourth-order valence-electron chi connectivity index (χ4n) is 1.88. The molecule has 1 aromatic heterocycles. The second-order valence-electron chi connectivity index (χ2n) is 4.16. The Morgan fingerprint density at radius 1 is 1.20 bits per heavy atom. The summed E-state index contributed by atoms with van der Waals surface area (Å²) in [4.78, 5) is 8.61. The quantitative estimate of drug-likeness (QED) is 0.791. The SMILES string of the molecule is CCc1c(C)nc(-c2ccc(OC(F)F)cc2)nc1Cl. The minimum absolute atomic E-state index is 0.0942. The molecule has 0 amide bonds. The maximum Gasteiger partial charge on any atom is 0.387 e. The van der Waals surface area contributed by atoms with E-state index in [0.29, 0.717) is 16.5 Å². The maximum absolute atomic E-state index is 12.1. The molecule has 0 atom stereocenters. The van der Waals surface area contributed by atoms with Crippen molar-refractivity contribution in [3.8, 4) is 17.1 Å². The van der Waals surface area contributed by atoms with Gasteiger partial charge >= 0.3 is 6.61 Å². The summed E-state index contributed by atoms with van der Waals surface area (Å²) in [5, 5.41) is 0.419. The Morgan fingerprint density at radius 3 is 2.35 bits per heavy atom. The molecule has 0 bridgehead atoms. The molecule has 20 heavy (non-hydrogen) atoms. The molecule has 0 N–H and O–H groups in total. The van der Waals surface area contributed by atoms with Crippen LogP contribution in [0, 0.1) is 6.92 Å². The first-order valence-electron chi connectivity index (χ1n) is 6.09. The van der Waals surface area contributed by atoms with Crippen molar-refractivity contribution in [3.05, 3.63) is 40.7 Å². The zero-order chi connectivity index (χ0) is 14.7. The van der Waals surface area contributed by atoms with E-state index < -0.39 is 6.61 Å². The molecule has 3 nitrogen and oxygen atoms in total. The van der Waals surface area contributed by atoms with E-state index in [1.807, 2.05) is 13.8 Å². The number of hydrogen-bond acceptors (Lipinski definition) is 3. The van der Waals surface area contributed by atoms with E-state index in [-0.39, 0.29) is 5.75 Å². The maximum atomic E-state index is 12.1. The predicted octanol–water partition coefficient (Wildman–Crippen LogP) is 4.27.